The van der Waals surface area contributed by atoms with Gasteiger partial charge in [-0.1, -0.05) is 54.6 Å². The lowest BCUT2D eigenvalue weighted by atomic mass is 9.84. The molecular weight excluding hydrogens is 1180 g/mol. The van der Waals surface area contributed by atoms with Crippen molar-refractivity contribution in [2.45, 2.75) is 99.8 Å². The number of unbranched alkanes of at least 4 members (excludes halogenated alkanes) is 3. The molecule has 92 heavy (non-hydrogen) atoms. The minimum absolute atomic E-state index is 0.0625. The van der Waals surface area contributed by atoms with Crippen molar-refractivity contribution in [2.75, 3.05) is 40.5 Å². The van der Waals surface area contributed by atoms with E-state index in [-0.39, 0.29) is 38.5 Å². The largest absolute Gasteiger partial charge is 0.490 e. The maximum atomic E-state index is 14.3. The van der Waals surface area contributed by atoms with E-state index in [0.717, 1.165) is 49.4 Å². The van der Waals surface area contributed by atoms with E-state index in [1.165, 1.54) is 0 Å². The van der Waals surface area contributed by atoms with E-state index in [9.17, 15) is 41.9 Å². The SMILES string of the molecule is NCCCC[C@](N)(C(=O)Cc1c[nH]c2ccccc12)C(=O)Nc1ccc(N(c2ccc(NC(=O)[C@](N)(CCCCN)C(=O)Cc3c[nH]c4ccccc34)cc2)c2ccc(NC(=O)[C@](N)(CCCCN)C(=O)Cc3c[nH]c4ccccc34)cc2)cc1.O=C(O)C(F)(F)F. The molecule has 0 saturated carbocycles. The van der Waals surface area contributed by atoms with Crippen molar-refractivity contribution in [3.8, 4) is 0 Å². The number of carbonyl (C=O) groups excluding carboxylic acids is 6. The fourth-order valence-corrected chi connectivity index (χ4v) is 10.9. The molecule has 0 fully saturated rings. The average Bonchev–Trinajstić information content (AvgIpc) is 1.23. The number of alkyl halides is 3. The van der Waals surface area contributed by atoms with Gasteiger partial charge >= 0.3 is 12.1 Å². The molecule has 0 spiro atoms. The molecule has 0 bridgehead atoms. The highest BCUT2D eigenvalue weighted by atomic mass is 19.4. The number of nitrogens with zero attached hydrogens (tertiary/aromatic N) is 1. The van der Waals surface area contributed by atoms with Gasteiger partial charge in [-0.25, -0.2) is 4.79 Å². The Labute approximate surface area is 528 Å². The summed E-state index contributed by atoms with van der Waals surface area (Å²) < 4.78 is 31.7. The van der Waals surface area contributed by atoms with Crippen LogP contribution in [0.3, 0.4) is 0 Å². The van der Waals surface area contributed by atoms with Crippen LogP contribution in [0.1, 0.15) is 74.5 Å². The number of hydrogen-bond donors (Lipinski definition) is 13. The lowest BCUT2D eigenvalue weighted by Crippen LogP contribution is -2.58. The Hall–Kier alpha value is -9.82. The quantitative estimate of drug-likeness (QED) is 0.0147. The molecule has 6 aromatic carbocycles. The number of amides is 3. The van der Waals surface area contributed by atoms with Crippen LogP contribution < -0.4 is 55.3 Å². The Morgan fingerprint density at radius 2 is 0.652 bits per heavy atom. The number of anilines is 6. The highest BCUT2D eigenvalue weighted by Gasteiger charge is 2.44. The van der Waals surface area contributed by atoms with E-state index >= 15 is 0 Å². The van der Waals surface area contributed by atoms with Crippen molar-refractivity contribution in [3.05, 3.63) is 181 Å². The van der Waals surface area contributed by atoms with E-state index in [0.29, 0.717) is 92.3 Å². The number of hydrogen-bond acceptors (Lipinski definition) is 14. The molecule has 0 saturated heterocycles. The van der Waals surface area contributed by atoms with Crippen LogP contribution in [0.4, 0.5) is 47.3 Å². The second kappa shape index (κ2) is 30.3. The van der Waals surface area contributed by atoms with Crippen LogP contribution in [-0.4, -0.2) is 104 Å². The summed E-state index contributed by atoms with van der Waals surface area (Å²) in [6, 6.07) is 43.7. The number of Topliss-reactive ketones (excluding diaryl/α,β-unsaturated/α-hetero) is 3. The molecule has 482 valence electrons. The number of benzene rings is 6. The van der Waals surface area contributed by atoms with E-state index < -0.39 is 63.8 Å². The number of ketones is 3. The van der Waals surface area contributed by atoms with Crippen LogP contribution in [0.25, 0.3) is 32.7 Å². The number of carboxylic acid groups (broad SMARTS) is 1. The maximum absolute atomic E-state index is 14.3. The standard InChI is InChI=1S/C66H75N13O6.C2HF3O2/c67-34-10-7-31-64(70,58(80)37-43-40-73-55-16-4-1-13-52(43)55)61(83)76-46-19-25-49(26-20-46)79(50-27-21-47(22-28-50)77-62(84)65(71,32-8-11-35-68)59(81)38-44-41-74-56-17-5-2-14-53(44)56)51-29-23-48(24-30-51)78-63(85)66(72,33-9-12-36-69)60(82)39-45-42-75-57-18-6-3-15-54(45)57;3-2(4,5)1(6)7/h1-6,13-30,40-42,73-75H,7-12,31-39,67-72H2,(H,76,83)(H,77,84)(H,78,85);(H,6,7)/t64-,65-,66-;/m0./s1. The van der Waals surface area contributed by atoms with Gasteiger partial charge in [-0.05, 0) is 185 Å². The summed E-state index contributed by atoms with van der Waals surface area (Å²) in [4.78, 5) is 106. The van der Waals surface area contributed by atoms with Gasteiger partial charge < -0.3 is 75.3 Å². The molecule has 3 aromatic heterocycles. The van der Waals surface area contributed by atoms with Crippen molar-refractivity contribution in [1.29, 1.82) is 0 Å². The second-order valence-corrected chi connectivity index (χ2v) is 22.7. The fraction of sp³-hybridized carbons (Fsp3) is 0.279. The Morgan fingerprint density at radius 1 is 0.402 bits per heavy atom. The first-order valence-corrected chi connectivity index (χ1v) is 30.1. The van der Waals surface area contributed by atoms with Crippen molar-refractivity contribution in [2.24, 2.45) is 34.4 Å². The maximum Gasteiger partial charge on any atom is 0.490 e. The minimum atomic E-state index is -5.08. The molecule has 0 unspecified atom stereocenters. The van der Waals surface area contributed by atoms with E-state index in [1.54, 1.807) is 91.4 Å². The molecule has 24 heteroatoms. The molecular formula is C68H76F3N13O8. The number of carbonyl (C=O) groups is 7. The number of aromatic amines is 3. The molecule has 19 N–H and O–H groups in total. The fourth-order valence-electron chi connectivity index (χ4n) is 10.9. The Morgan fingerprint density at radius 3 is 0.891 bits per heavy atom. The molecule has 3 heterocycles. The number of nitrogens with two attached hydrogens (primary N) is 6. The summed E-state index contributed by atoms with van der Waals surface area (Å²) >= 11 is 0. The zero-order valence-corrected chi connectivity index (χ0v) is 50.5. The monoisotopic (exact) mass is 1260 g/mol. The van der Waals surface area contributed by atoms with Crippen LogP contribution in [-0.2, 0) is 52.8 Å². The first kappa shape index (κ1) is 68.1. The number of nitrogens with one attached hydrogen (secondary N) is 6. The van der Waals surface area contributed by atoms with Gasteiger partial charge in [0.15, 0.2) is 34.0 Å². The number of para-hydroxylation sites is 3. The predicted molar refractivity (Wildman–Crippen MR) is 351 cm³/mol. The molecule has 0 aliphatic heterocycles. The Kier molecular flexibility index (Phi) is 22.4. The minimum Gasteiger partial charge on any atom is -0.475 e. The predicted octanol–water partition coefficient (Wildman–Crippen LogP) is 8.96. The number of H-pyrrole nitrogens is 3. The summed E-state index contributed by atoms with van der Waals surface area (Å²) in [5, 5.41) is 18.5. The van der Waals surface area contributed by atoms with E-state index in [2.05, 4.69) is 30.9 Å². The summed E-state index contributed by atoms with van der Waals surface area (Å²) in [6.07, 6.45) is 3.35. The molecule has 3 atom stereocenters. The second-order valence-electron chi connectivity index (χ2n) is 22.7. The lowest BCUT2D eigenvalue weighted by Gasteiger charge is -2.29. The van der Waals surface area contributed by atoms with Gasteiger partial charge in [-0.15, -0.1) is 0 Å². The molecule has 0 aliphatic rings. The highest BCUT2D eigenvalue weighted by molar-refractivity contribution is 6.18. The van der Waals surface area contributed by atoms with Gasteiger partial charge in [0.25, 0.3) is 17.7 Å². The number of rotatable bonds is 30. The molecule has 0 radical (unpaired) electrons. The zero-order valence-electron chi connectivity index (χ0n) is 50.5. The summed E-state index contributed by atoms with van der Waals surface area (Å²) in [6.45, 7) is 1.12. The van der Waals surface area contributed by atoms with Gasteiger partial charge in [0.2, 0.25) is 0 Å². The molecule has 9 rings (SSSR count). The number of fused-ring (bicyclic) bond motifs is 3. The highest BCUT2D eigenvalue weighted by Crippen LogP contribution is 2.37. The van der Waals surface area contributed by atoms with Crippen molar-refractivity contribution >= 4 is 108 Å². The third kappa shape index (κ3) is 16.2. The van der Waals surface area contributed by atoms with Crippen molar-refractivity contribution in [1.82, 2.24) is 15.0 Å². The first-order valence-electron chi connectivity index (χ1n) is 30.1. The summed E-state index contributed by atoms with van der Waals surface area (Å²) in [7, 11) is 0. The third-order valence-electron chi connectivity index (χ3n) is 16.3. The number of aliphatic carboxylic acids is 1. The molecule has 0 aliphatic carbocycles. The zero-order chi connectivity index (χ0) is 66.2. The van der Waals surface area contributed by atoms with Gasteiger partial charge in [0, 0.05) is 105 Å². The summed E-state index contributed by atoms with van der Waals surface area (Å²) in [5.74, 6) is -6.03. The van der Waals surface area contributed by atoms with Gasteiger partial charge in [-0.3, -0.25) is 28.8 Å². The van der Waals surface area contributed by atoms with E-state index in [4.69, 9.17) is 44.3 Å². The smallest absolute Gasteiger partial charge is 0.475 e. The van der Waals surface area contributed by atoms with Crippen molar-refractivity contribution < 1.29 is 51.8 Å². The number of carboxylic acids is 1. The van der Waals surface area contributed by atoms with Crippen LogP contribution >= 0.6 is 0 Å². The number of aromatic nitrogens is 3. The Balaban J connectivity index is 0.00000147. The van der Waals surface area contributed by atoms with Gasteiger partial charge in [0.1, 0.15) is 0 Å². The topological polar surface area (TPSA) is 383 Å². The third-order valence-corrected chi connectivity index (χ3v) is 16.3. The molecule has 9 aromatic rings. The van der Waals surface area contributed by atoms with Gasteiger partial charge in [-0.2, -0.15) is 13.2 Å². The Bertz CT molecular complexity index is 3660. The van der Waals surface area contributed by atoms with E-state index in [1.807, 2.05) is 77.7 Å². The average molecular weight is 1260 g/mol. The normalized spacial score (nSPS) is 13.4. The number of halogens is 3. The first-order chi connectivity index (χ1) is 44.0. The van der Waals surface area contributed by atoms with Crippen LogP contribution in [0, 0.1) is 0 Å². The summed E-state index contributed by atoms with van der Waals surface area (Å²) in [5.41, 5.74) is 40.2. The van der Waals surface area contributed by atoms with Crippen LogP contribution in [0.5, 0.6) is 0 Å². The van der Waals surface area contributed by atoms with Crippen LogP contribution in [0.15, 0.2) is 164 Å². The lowest BCUT2D eigenvalue weighted by molar-refractivity contribution is -0.192. The van der Waals surface area contributed by atoms with Crippen LogP contribution in [0.2, 0.25) is 0 Å². The molecule has 21 nitrogen and oxygen atoms in total. The van der Waals surface area contributed by atoms with Gasteiger partial charge in [0.05, 0.1) is 0 Å². The van der Waals surface area contributed by atoms with Crippen molar-refractivity contribution in [3.63, 3.8) is 0 Å². The molecule has 3 amide bonds.